The lowest BCUT2D eigenvalue weighted by molar-refractivity contribution is -0.137. The highest BCUT2D eigenvalue weighted by Crippen LogP contribution is 2.31. The van der Waals surface area contributed by atoms with Crippen LogP contribution in [0.5, 0.6) is 0 Å². The number of pyridine rings is 1. The molecule has 0 bridgehead atoms. The molecule has 4 nitrogen and oxygen atoms in total. The Hall–Kier alpha value is -2.29. The highest BCUT2D eigenvalue weighted by Gasteiger charge is 2.34. The van der Waals surface area contributed by atoms with Crippen LogP contribution in [0.4, 0.5) is 23.4 Å². The van der Waals surface area contributed by atoms with E-state index in [2.05, 4.69) is 10.3 Å². The first-order chi connectivity index (χ1) is 12.3. The maximum absolute atomic E-state index is 12.9. The van der Waals surface area contributed by atoms with Crippen molar-refractivity contribution in [3.05, 3.63) is 59.5 Å². The first-order valence-electron chi connectivity index (χ1n) is 7.74. The Morgan fingerprint density at radius 3 is 2.58 bits per heavy atom. The molecule has 0 spiro atoms. The largest absolute Gasteiger partial charge is 0.417 e. The van der Waals surface area contributed by atoms with Gasteiger partial charge in [-0.2, -0.15) is 13.2 Å². The number of hydrogen-bond acceptors (Lipinski definition) is 4. The molecule has 0 radical (unpaired) electrons. The van der Waals surface area contributed by atoms with E-state index in [0.29, 0.717) is 17.4 Å². The summed E-state index contributed by atoms with van der Waals surface area (Å²) >= 11 is 1.50. The second kappa shape index (κ2) is 7.53. The number of rotatable bonds is 4. The van der Waals surface area contributed by atoms with E-state index in [1.807, 2.05) is 0 Å². The predicted octanol–water partition coefficient (Wildman–Crippen LogP) is 3.44. The van der Waals surface area contributed by atoms with Crippen LogP contribution in [0.25, 0.3) is 0 Å². The second-order valence-electron chi connectivity index (χ2n) is 5.73. The van der Waals surface area contributed by atoms with Crippen molar-refractivity contribution < 1.29 is 22.4 Å². The molecule has 2 aromatic rings. The van der Waals surface area contributed by atoms with Gasteiger partial charge in [0, 0.05) is 18.5 Å². The van der Waals surface area contributed by atoms with Gasteiger partial charge in [0.1, 0.15) is 17.7 Å². The average Bonchev–Trinajstić information content (AvgIpc) is 3.10. The Bertz CT molecular complexity index is 765. The van der Waals surface area contributed by atoms with Gasteiger partial charge < -0.3 is 10.2 Å². The number of anilines is 1. The van der Waals surface area contributed by atoms with E-state index < -0.39 is 17.8 Å². The van der Waals surface area contributed by atoms with Gasteiger partial charge in [-0.15, -0.1) is 11.8 Å². The average molecular weight is 385 g/mol. The molecule has 1 aromatic carbocycles. The number of halogens is 4. The van der Waals surface area contributed by atoms with E-state index >= 15 is 0 Å². The summed E-state index contributed by atoms with van der Waals surface area (Å²) in [7, 11) is 0. The number of hydrogen-bond donors (Lipinski definition) is 1. The molecule has 1 aliphatic rings. The summed E-state index contributed by atoms with van der Waals surface area (Å²) in [5.41, 5.74) is -0.0741. The van der Waals surface area contributed by atoms with Gasteiger partial charge in [-0.25, -0.2) is 9.37 Å². The van der Waals surface area contributed by atoms with Gasteiger partial charge in [0.15, 0.2) is 0 Å². The first-order valence-corrected chi connectivity index (χ1v) is 8.90. The summed E-state index contributed by atoms with van der Waals surface area (Å²) in [6.45, 7) is 0.245. The van der Waals surface area contributed by atoms with Crippen LogP contribution in [0.15, 0.2) is 42.6 Å². The summed E-state index contributed by atoms with van der Waals surface area (Å²) < 4.78 is 50.8. The minimum Gasteiger partial charge on any atom is -0.350 e. The maximum Gasteiger partial charge on any atom is 0.417 e. The van der Waals surface area contributed by atoms with Gasteiger partial charge in [0.2, 0.25) is 5.91 Å². The van der Waals surface area contributed by atoms with Crippen LogP contribution in [0.1, 0.15) is 11.1 Å². The number of nitrogens with one attached hydrogen (secondary N) is 1. The van der Waals surface area contributed by atoms with Gasteiger partial charge in [-0.3, -0.25) is 4.79 Å². The Kier molecular flexibility index (Phi) is 5.36. The Labute approximate surface area is 151 Å². The molecular weight excluding hydrogens is 370 g/mol. The number of alkyl halides is 3. The molecule has 1 atom stereocenters. The van der Waals surface area contributed by atoms with Crippen LogP contribution in [-0.4, -0.2) is 28.6 Å². The van der Waals surface area contributed by atoms with Crippen LogP contribution >= 0.6 is 11.8 Å². The lowest BCUT2D eigenvalue weighted by Gasteiger charge is -2.24. The summed E-state index contributed by atoms with van der Waals surface area (Å²) in [5, 5.41) is 2.77. The normalized spacial score (nSPS) is 17.4. The minimum atomic E-state index is -4.45. The monoisotopic (exact) mass is 385 g/mol. The third-order valence-corrected chi connectivity index (χ3v) is 4.95. The number of carbonyl (C=O) groups excluding carboxylic acids is 1. The zero-order valence-corrected chi connectivity index (χ0v) is 14.3. The van der Waals surface area contributed by atoms with Crippen molar-refractivity contribution in [3.8, 4) is 0 Å². The fourth-order valence-electron chi connectivity index (χ4n) is 2.52. The predicted molar refractivity (Wildman–Crippen MR) is 91.1 cm³/mol. The van der Waals surface area contributed by atoms with Crippen molar-refractivity contribution in [3.63, 3.8) is 0 Å². The lowest BCUT2D eigenvalue weighted by Crippen LogP contribution is -2.45. The fourth-order valence-corrected chi connectivity index (χ4v) is 3.69. The fraction of sp³-hybridized carbons (Fsp3) is 0.294. The quantitative estimate of drug-likeness (QED) is 0.819. The first kappa shape index (κ1) is 18.5. The Morgan fingerprint density at radius 1 is 1.23 bits per heavy atom. The van der Waals surface area contributed by atoms with Crippen LogP contribution < -0.4 is 10.2 Å². The zero-order chi connectivity index (χ0) is 18.7. The molecule has 1 saturated heterocycles. The molecule has 3 rings (SSSR count). The molecular formula is C17H15F4N3OS. The van der Waals surface area contributed by atoms with Crippen molar-refractivity contribution in [2.45, 2.75) is 18.8 Å². The summed E-state index contributed by atoms with van der Waals surface area (Å²) in [5.74, 6) is 0.697. The highest BCUT2D eigenvalue weighted by molar-refractivity contribution is 7.99. The zero-order valence-electron chi connectivity index (χ0n) is 13.5. The third-order valence-electron chi connectivity index (χ3n) is 3.93. The Morgan fingerprint density at radius 2 is 1.96 bits per heavy atom. The molecule has 1 amide bonds. The number of nitrogens with zero attached hydrogens (tertiary/aromatic N) is 2. The van der Waals surface area contributed by atoms with Crippen molar-refractivity contribution in [1.29, 1.82) is 0 Å². The van der Waals surface area contributed by atoms with Gasteiger partial charge in [0.25, 0.3) is 0 Å². The molecule has 26 heavy (non-hydrogen) atoms. The number of aromatic nitrogens is 1. The smallest absolute Gasteiger partial charge is 0.350 e. The van der Waals surface area contributed by atoms with E-state index in [0.717, 1.165) is 17.8 Å². The topological polar surface area (TPSA) is 45.2 Å². The number of thioether (sulfide) groups is 1. The van der Waals surface area contributed by atoms with Crippen LogP contribution in [-0.2, 0) is 17.5 Å². The molecule has 9 heteroatoms. The molecule has 1 fully saturated rings. The summed E-state index contributed by atoms with van der Waals surface area (Å²) in [6.07, 6.45) is -3.68. The van der Waals surface area contributed by atoms with Crippen molar-refractivity contribution in [1.82, 2.24) is 10.3 Å². The van der Waals surface area contributed by atoms with Crippen LogP contribution in [0.3, 0.4) is 0 Å². The third kappa shape index (κ3) is 4.27. The number of carbonyl (C=O) groups is 1. The molecule has 0 unspecified atom stereocenters. The second-order valence-corrected chi connectivity index (χ2v) is 6.73. The van der Waals surface area contributed by atoms with E-state index in [1.165, 1.54) is 30.0 Å². The number of amides is 1. The SMILES string of the molecule is O=C(NCc1ccc(F)cc1)[C@@H]1CSCN1c1ccc(C(F)(F)F)cn1. The van der Waals surface area contributed by atoms with Gasteiger partial charge >= 0.3 is 6.18 Å². The molecule has 0 aliphatic carbocycles. The van der Waals surface area contributed by atoms with Crippen molar-refractivity contribution in [2.24, 2.45) is 0 Å². The van der Waals surface area contributed by atoms with E-state index in [1.54, 1.807) is 17.0 Å². The van der Waals surface area contributed by atoms with Crippen molar-refractivity contribution in [2.75, 3.05) is 16.5 Å². The Balaban J connectivity index is 1.65. The lowest BCUT2D eigenvalue weighted by atomic mass is 10.2. The van der Waals surface area contributed by atoms with E-state index in [9.17, 15) is 22.4 Å². The number of benzene rings is 1. The molecule has 0 saturated carbocycles. The molecule has 1 N–H and O–H groups in total. The molecule has 138 valence electrons. The van der Waals surface area contributed by atoms with Gasteiger partial charge in [-0.05, 0) is 29.8 Å². The van der Waals surface area contributed by atoms with E-state index in [-0.39, 0.29) is 18.3 Å². The summed E-state index contributed by atoms with van der Waals surface area (Å²) in [6, 6.07) is 7.48. The van der Waals surface area contributed by atoms with Crippen molar-refractivity contribution >= 4 is 23.5 Å². The van der Waals surface area contributed by atoms with Crippen LogP contribution in [0, 0.1) is 5.82 Å². The molecule has 1 aromatic heterocycles. The molecule has 2 heterocycles. The van der Waals surface area contributed by atoms with Gasteiger partial charge in [-0.1, -0.05) is 12.1 Å². The highest BCUT2D eigenvalue weighted by atomic mass is 32.2. The standard InChI is InChI=1S/C17H15F4N3OS/c18-13-4-1-11(2-5-13)7-23-16(25)14-9-26-10-24(14)15-6-3-12(8-22-15)17(19,20)21/h1-6,8,14H,7,9-10H2,(H,23,25)/t14-/m0/s1. The molecule has 1 aliphatic heterocycles. The van der Waals surface area contributed by atoms with Gasteiger partial charge in [0.05, 0.1) is 11.4 Å². The van der Waals surface area contributed by atoms with E-state index in [4.69, 9.17) is 0 Å². The minimum absolute atomic E-state index is 0.245. The summed E-state index contributed by atoms with van der Waals surface area (Å²) in [4.78, 5) is 18.0. The maximum atomic E-state index is 12.9. The van der Waals surface area contributed by atoms with Crippen LogP contribution in [0.2, 0.25) is 0 Å².